The van der Waals surface area contributed by atoms with Gasteiger partial charge in [0.05, 0.1) is 5.69 Å². The molecule has 0 atom stereocenters. The van der Waals surface area contributed by atoms with Gasteiger partial charge in [-0.2, -0.15) is 0 Å². The molecule has 0 aliphatic carbocycles. The van der Waals surface area contributed by atoms with Crippen molar-refractivity contribution in [2.75, 3.05) is 16.3 Å². The van der Waals surface area contributed by atoms with Crippen molar-refractivity contribution in [3.8, 4) is 0 Å². The van der Waals surface area contributed by atoms with Gasteiger partial charge in [0.25, 0.3) is 10.0 Å². The number of benzene rings is 1. The van der Waals surface area contributed by atoms with E-state index in [1.54, 1.807) is 6.92 Å². The molecule has 3 N–H and O–H groups in total. The van der Waals surface area contributed by atoms with E-state index in [9.17, 15) is 12.8 Å². The second kappa shape index (κ2) is 6.06. The van der Waals surface area contributed by atoms with Crippen molar-refractivity contribution in [2.45, 2.75) is 11.8 Å². The molecular weight excluding hydrogens is 295 g/mol. The molecule has 8 heteroatoms. The molecule has 0 bridgehead atoms. The van der Waals surface area contributed by atoms with Crippen LogP contribution in [0, 0.1) is 5.82 Å². The number of aromatic nitrogens is 1. The lowest BCUT2D eigenvalue weighted by Gasteiger charge is -2.22. The normalized spacial score (nSPS) is 11.2. The fraction of sp³-hybridized carbons (Fsp3) is 0.154. The van der Waals surface area contributed by atoms with Crippen molar-refractivity contribution >= 4 is 21.5 Å². The van der Waals surface area contributed by atoms with Gasteiger partial charge in [-0.1, -0.05) is 0 Å². The molecule has 2 aromatic rings. The molecule has 1 heterocycles. The van der Waals surface area contributed by atoms with E-state index in [2.05, 4.69) is 10.4 Å². The van der Waals surface area contributed by atoms with Gasteiger partial charge in [0.1, 0.15) is 16.5 Å². The highest BCUT2D eigenvalue weighted by atomic mass is 32.2. The number of pyridine rings is 1. The summed E-state index contributed by atoms with van der Waals surface area (Å²) in [5.74, 6) is 5.13. The largest absolute Gasteiger partial charge is 0.308 e. The Hall–Kier alpha value is -2.19. The van der Waals surface area contributed by atoms with Gasteiger partial charge in [-0.25, -0.2) is 23.6 Å². The van der Waals surface area contributed by atoms with Crippen LogP contribution in [0.1, 0.15) is 6.92 Å². The molecule has 0 aliphatic heterocycles. The second-order valence-corrected chi connectivity index (χ2v) is 6.03. The van der Waals surface area contributed by atoms with E-state index < -0.39 is 15.8 Å². The van der Waals surface area contributed by atoms with E-state index in [4.69, 9.17) is 5.84 Å². The van der Waals surface area contributed by atoms with Crippen LogP contribution < -0.4 is 15.6 Å². The molecule has 112 valence electrons. The minimum Gasteiger partial charge on any atom is -0.308 e. The number of nitrogens with two attached hydrogens (primary N) is 1. The SMILES string of the molecule is CCN(c1ccc(F)cc1)S(=O)(=O)c1ccc(NN)nc1. The molecule has 1 aromatic carbocycles. The fourth-order valence-electron chi connectivity index (χ4n) is 1.84. The predicted molar refractivity (Wildman–Crippen MR) is 78.7 cm³/mol. The molecule has 2 rings (SSSR count). The van der Waals surface area contributed by atoms with Crippen LogP contribution in [0.4, 0.5) is 15.9 Å². The molecule has 21 heavy (non-hydrogen) atoms. The Kier molecular flexibility index (Phi) is 4.39. The summed E-state index contributed by atoms with van der Waals surface area (Å²) < 4.78 is 39.3. The van der Waals surface area contributed by atoms with Gasteiger partial charge in [0.2, 0.25) is 0 Å². The quantitative estimate of drug-likeness (QED) is 0.648. The van der Waals surface area contributed by atoms with Crippen LogP contribution in [0.2, 0.25) is 0 Å². The van der Waals surface area contributed by atoms with Crippen LogP contribution in [-0.4, -0.2) is 19.9 Å². The maximum absolute atomic E-state index is 13.0. The summed E-state index contributed by atoms with van der Waals surface area (Å²) in [7, 11) is -3.76. The molecule has 1 aromatic heterocycles. The lowest BCUT2D eigenvalue weighted by Crippen LogP contribution is -2.30. The summed E-state index contributed by atoms with van der Waals surface area (Å²) in [6.07, 6.45) is 1.22. The van der Waals surface area contributed by atoms with E-state index in [0.717, 1.165) is 0 Å². The molecular formula is C13H15FN4O2S. The van der Waals surface area contributed by atoms with Gasteiger partial charge >= 0.3 is 0 Å². The standard InChI is InChI=1S/C13H15FN4O2S/c1-2-18(11-5-3-10(14)4-6-11)21(19,20)12-7-8-13(17-15)16-9-12/h3-9H,2,15H2,1H3,(H,16,17). The number of hydrogen-bond donors (Lipinski definition) is 2. The lowest BCUT2D eigenvalue weighted by atomic mass is 10.3. The van der Waals surface area contributed by atoms with Crippen LogP contribution in [0.3, 0.4) is 0 Å². The lowest BCUT2D eigenvalue weighted by molar-refractivity contribution is 0.591. The van der Waals surface area contributed by atoms with E-state index >= 15 is 0 Å². The third-order valence-corrected chi connectivity index (χ3v) is 4.76. The minimum absolute atomic E-state index is 0.0349. The number of nitrogens with zero attached hydrogens (tertiary/aromatic N) is 2. The first kappa shape index (κ1) is 15.2. The van der Waals surface area contributed by atoms with E-state index in [-0.39, 0.29) is 11.4 Å². The third-order valence-electron chi connectivity index (χ3n) is 2.87. The first-order chi connectivity index (χ1) is 9.98. The Bertz CT molecular complexity index is 702. The smallest absolute Gasteiger partial charge is 0.265 e. The van der Waals surface area contributed by atoms with E-state index in [0.29, 0.717) is 11.5 Å². The predicted octanol–water partition coefficient (Wildman–Crippen LogP) is 1.72. The molecule has 0 saturated heterocycles. The zero-order chi connectivity index (χ0) is 15.5. The Labute approximate surface area is 122 Å². The summed E-state index contributed by atoms with van der Waals surface area (Å²) in [4.78, 5) is 3.92. The van der Waals surface area contributed by atoms with Gasteiger partial charge in [-0.3, -0.25) is 4.31 Å². The van der Waals surface area contributed by atoms with Crippen LogP contribution in [0.5, 0.6) is 0 Å². The van der Waals surface area contributed by atoms with Crippen molar-refractivity contribution in [2.24, 2.45) is 5.84 Å². The summed E-state index contributed by atoms with van der Waals surface area (Å²) in [5, 5.41) is 0. The highest BCUT2D eigenvalue weighted by molar-refractivity contribution is 7.92. The van der Waals surface area contributed by atoms with Crippen LogP contribution in [0.15, 0.2) is 47.5 Å². The zero-order valence-corrected chi connectivity index (χ0v) is 12.1. The molecule has 0 radical (unpaired) electrons. The number of halogens is 1. The van der Waals surface area contributed by atoms with E-state index in [1.165, 1.54) is 46.9 Å². The molecule has 0 saturated carbocycles. The summed E-state index contributed by atoms with van der Waals surface area (Å²) in [6.45, 7) is 1.91. The van der Waals surface area contributed by atoms with Crippen molar-refractivity contribution in [1.29, 1.82) is 0 Å². The van der Waals surface area contributed by atoms with Crippen LogP contribution in [-0.2, 0) is 10.0 Å². The number of sulfonamides is 1. The van der Waals surface area contributed by atoms with Crippen molar-refractivity contribution in [3.05, 3.63) is 48.4 Å². The van der Waals surface area contributed by atoms with Crippen molar-refractivity contribution in [1.82, 2.24) is 4.98 Å². The Morgan fingerprint density at radius 1 is 1.24 bits per heavy atom. The zero-order valence-electron chi connectivity index (χ0n) is 11.3. The number of nitrogens with one attached hydrogen (secondary N) is 1. The Balaban J connectivity index is 2.41. The maximum atomic E-state index is 13.0. The number of rotatable bonds is 5. The molecule has 0 spiro atoms. The van der Waals surface area contributed by atoms with Gasteiger partial charge in [-0.05, 0) is 43.3 Å². The highest BCUT2D eigenvalue weighted by Gasteiger charge is 2.23. The average Bonchev–Trinajstić information content (AvgIpc) is 2.50. The van der Waals surface area contributed by atoms with Gasteiger partial charge < -0.3 is 5.43 Å². The van der Waals surface area contributed by atoms with Gasteiger partial charge in [0, 0.05) is 12.7 Å². The molecule has 0 amide bonds. The average molecular weight is 310 g/mol. The third kappa shape index (κ3) is 3.11. The topological polar surface area (TPSA) is 88.3 Å². The molecule has 0 fully saturated rings. The highest BCUT2D eigenvalue weighted by Crippen LogP contribution is 2.23. The van der Waals surface area contributed by atoms with Crippen LogP contribution in [0.25, 0.3) is 0 Å². The van der Waals surface area contributed by atoms with Gasteiger partial charge in [0.15, 0.2) is 0 Å². The Morgan fingerprint density at radius 2 is 1.90 bits per heavy atom. The van der Waals surface area contributed by atoms with Crippen LogP contribution >= 0.6 is 0 Å². The molecule has 0 aliphatic rings. The van der Waals surface area contributed by atoms with Gasteiger partial charge in [-0.15, -0.1) is 0 Å². The monoisotopic (exact) mass is 310 g/mol. The number of anilines is 2. The Morgan fingerprint density at radius 3 is 2.38 bits per heavy atom. The second-order valence-electron chi connectivity index (χ2n) is 4.17. The molecule has 0 unspecified atom stereocenters. The number of hydrogen-bond acceptors (Lipinski definition) is 5. The first-order valence-corrected chi connectivity index (χ1v) is 7.64. The first-order valence-electron chi connectivity index (χ1n) is 6.20. The minimum atomic E-state index is -3.76. The fourth-order valence-corrected chi connectivity index (χ4v) is 3.26. The maximum Gasteiger partial charge on any atom is 0.265 e. The number of hydrazine groups is 1. The summed E-state index contributed by atoms with van der Waals surface area (Å²) in [6, 6.07) is 8.13. The number of nitrogen functional groups attached to an aromatic ring is 1. The summed E-state index contributed by atoms with van der Waals surface area (Å²) in [5.41, 5.74) is 2.71. The molecule has 6 nitrogen and oxygen atoms in total. The van der Waals surface area contributed by atoms with Crippen molar-refractivity contribution < 1.29 is 12.8 Å². The van der Waals surface area contributed by atoms with E-state index in [1.807, 2.05) is 0 Å². The summed E-state index contributed by atoms with van der Waals surface area (Å²) >= 11 is 0. The van der Waals surface area contributed by atoms with Crippen molar-refractivity contribution in [3.63, 3.8) is 0 Å².